The first-order valence-electron chi connectivity index (χ1n) is 12.8. The average Bonchev–Trinajstić information content (AvgIpc) is 2.91. The lowest BCUT2D eigenvalue weighted by Gasteiger charge is -2.49. The molecule has 8 atom stereocenters. The van der Waals surface area contributed by atoms with Crippen molar-refractivity contribution in [1.82, 2.24) is 0 Å². The highest BCUT2D eigenvalue weighted by Gasteiger charge is 2.56. The number of carbonyl (C=O) groups excluding carboxylic acids is 1. The second-order valence-electron chi connectivity index (χ2n) is 9.89. The van der Waals surface area contributed by atoms with Crippen molar-refractivity contribution in [2.75, 3.05) is 13.7 Å². The van der Waals surface area contributed by atoms with Gasteiger partial charge in [0.1, 0.15) is 23.9 Å². The van der Waals surface area contributed by atoms with Crippen LogP contribution in [-0.4, -0.2) is 87.5 Å². The van der Waals surface area contributed by atoms with Gasteiger partial charge in [-0.3, -0.25) is 4.79 Å². The fraction of sp³-hybridized carbons (Fsp3) is 0.571. The van der Waals surface area contributed by atoms with Crippen molar-refractivity contribution < 1.29 is 49.3 Å². The number of unbranched alkanes of at least 4 members (excludes halogenated alkanes) is 1. The Bertz CT molecular complexity index is 979. The number of aliphatic hydroxyl groups is 4. The maximum Gasteiger partial charge on any atom is 0.333 e. The zero-order valence-electron chi connectivity index (χ0n) is 21.5. The minimum atomic E-state index is -2.01. The molecule has 5 N–H and O–H groups in total. The van der Waals surface area contributed by atoms with Crippen LogP contribution in [0.2, 0.25) is 0 Å². The molecule has 1 fully saturated rings. The van der Waals surface area contributed by atoms with Gasteiger partial charge < -0.3 is 39.7 Å². The summed E-state index contributed by atoms with van der Waals surface area (Å²) in [4.78, 5) is 23.9. The molecule has 1 aliphatic carbocycles. The molecule has 1 aromatic carbocycles. The second kappa shape index (κ2) is 13.5. The predicted octanol–water partition coefficient (Wildman–Crippen LogP) is 1.35. The lowest BCUT2D eigenvalue weighted by atomic mass is 9.74. The van der Waals surface area contributed by atoms with Crippen LogP contribution < -0.4 is 0 Å². The number of aliphatic hydroxyl groups excluding tert-OH is 3. The molecule has 0 spiro atoms. The summed E-state index contributed by atoms with van der Waals surface area (Å²) in [6, 6.07) is 9.80. The van der Waals surface area contributed by atoms with E-state index in [0.29, 0.717) is 12.8 Å². The topological polar surface area (TPSA) is 163 Å². The van der Waals surface area contributed by atoms with Gasteiger partial charge in [-0.2, -0.15) is 0 Å². The van der Waals surface area contributed by atoms with E-state index in [1.807, 2.05) is 30.3 Å². The Kier molecular flexibility index (Phi) is 10.6. The predicted molar refractivity (Wildman–Crippen MR) is 136 cm³/mol. The highest BCUT2D eigenvalue weighted by atomic mass is 16.7. The normalized spacial score (nSPS) is 33.3. The SMILES string of the molecule is C=CC1C(OC2OC(CO)C(O)C(O)C2(O)CCCCc2ccccc2)CC=C(C(=O)OC)C1CC(=O)O. The number of methoxy groups -OCH3 is 1. The van der Waals surface area contributed by atoms with Crippen LogP contribution in [0.1, 0.15) is 37.7 Å². The zero-order chi connectivity index (χ0) is 27.9. The Morgan fingerprint density at radius 3 is 2.53 bits per heavy atom. The number of hydrogen-bond acceptors (Lipinski definition) is 9. The summed E-state index contributed by atoms with van der Waals surface area (Å²) in [7, 11) is 1.21. The van der Waals surface area contributed by atoms with Crippen molar-refractivity contribution in [3.63, 3.8) is 0 Å². The van der Waals surface area contributed by atoms with Gasteiger partial charge in [0.25, 0.3) is 0 Å². The first-order chi connectivity index (χ1) is 18.2. The monoisotopic (exact) mass is 534 g/mol. The summed E-state index contributed by atoms with van der Waals surface area (Å²) in [5, 5.41) is 52.2. The molecular formula is C28H38O10. The number of benzene rings is 1. The number of carboxylic acid groups (broad SMARTS) is 1. The largest absolute Gasteiger partial charge is 0.481 e. The molecule has 2 aliphatic rings. The van der Waals surface area contributed by atoms with Gasteiger partial charge in [0.15, 0.2) is 6.29 Å². The van der Waals surface area contributed by atoms with E-state index in [0.717, 1.165) is 12.0 Å². The van der Waals surface area contributed by atoms with Crippen molar-refractivity contribution in [2.24, 2.45) is 11.8 Å². The third-order valence-corrected chi connectivity index (χ3v) is 7.49. The number of carbonyl (C=O) groups is 2. The van der Waals surface area contributed by atoms with E-state index in [-0.39, 0.29) is 24.8 Å². The minimum absolute atomic E-state index is 0.0359. The van der Waals surface area contributed by atoms with E-state index in [2.05, 4.69) is 6.58 Å². The Morgan fingerprint density at radius 1 is 1.21 bits per heavy atom. The van der Waals surface area contributed by atoms with Gasteiger partial charge in [-0.05, 0) is 37.7 Å². The van der Waals surface area contributed by atoms with Gasteiger partial charge in [-0.1, -0.05) is 42.5 Å². The molecule has 1 aliphatic heterocycles. The summed E-state index contributed by atoms with van der Waals surface area (Å²) in [5.74, 6) is -3.24. The van der Waals surface area contributed by atoms with Gasteiger partial charge in [0, 0.05) is 17.4 Å². The third-order valence-electron chi connectivity index (χ3n) is 7.49. The maximum absolute atomic E-state index is 12.3. The molecular weight excluding hydrogens is 496 g/mol. The van der Waals surface area contributed by atoms with Gasteiger partial charge >= 0.3 is 11.9 Å². The fourth-order valence-corrected chi connectivity index (χ4v) is 5.37. The number of rotatable bonds is 12. The highest BCUT2D eigenvalue weighted by Crippen LogP contribution is 2.41. The number of hydrogen-bond donors (Lipinski definition) is 5. The van der Waals surface area contributed by atoms with Crippen LogP contribution in [0.4, 0.5) is 0 Å². The average molecular weight is 535 g/mol. The molecule has 0 radical (unpaired) electrons. The van der Waals surface area contributed by atoms with Crippen molar-refractivity contribution in [3.05, 3.63) is 60.2 Å². The number of aryl methyl sites for hydroxylation is 1. The molecule has 0 saturated carbocycles. The van der Waals surface area contributed by atoms with E-state index in [4.69, 9.17) is 14.2 Å². The van der Waals surface area contributed by atoms with E-state index in [1.165, 1.54) is 13.2 Å². The van der Waals surface area contributed by atoms with Gasteiger partial charge in [-0.25, -0.2) is 4.79 Å². The van der Waals surface area contributed by atoms with Crippen LogP contribution in [0, 0.1) is 11.8 Å². The Morgan fingerprint density at radius 2 is 1.92 bits per heavy atom. The second-order valence-corrected chi connectivity index (χ2v) is 9.89. The fourth-order valence-electron chi connectivity index (χ4n) is 5.37. The molecule has 8 unspecified atom stereocenters. The lowest BCUT2D eigenvalue weighted by Crippen LogP contribution is -2.67. The molecule has 10 nitrogen and oxygen atoms in total. The van der Waals surface area contributed by atoms with E-state index in [1.54, 1.807) is 6.08 Å². The Hall–Kier alpha value is -2.60. The van der Waals surface area contributed by atoms with Gasteiger partial charge in [0.2, 0.25) is 0 Å². The van der Waals surface area contributed by atoms with Crippen molar-refractivity contribution in [2.45, 2.75) is 74.8 Å². The molecule has 1 aromatic rings. The van der Waals surface area contributed by atoms with Crippen molar-refractivity contribution >= 4 is 11.9 Å². The van der Waals surface area contributed by atoms with Crippen LogP contribution >= 0.6 is 0 Å². The van der Waals surface area contributed by atoms with Gasteiger partial charge in [0.05, 0.1) is 26.2 Å². The minimum Gasteiger partial charge on any atom is -0.481 e. The molecule has 38 heavy (non-hydrogen) atoms. The van der Waals surface area contributed by atoms with Crippen LogP contribution in [0.25, 0.3) is 0 Å². The summed E-state index contributed by atoms with van der Waals surface area (Å²) in [5.41, 5.74) is -0.687. The highest BCUT2D eigenvalue weighted by molar-refractivity contribution is 5.90. The van der Waals surface area contributed by atoms with Crippen LogP contribution in [0.3, 0.4) is 0 Å². The maximum atomic E-state index is 12.3. The first-order valence-corrected chi connectivity index (χ1v) is 12.8. The molecule has 210 valence electrons. The van der Waals surface area contributed by atoms with Crippen LogP contribution in [-0.2, 0) is 30.2 Å². The number of carboxylic acids is 1. The summed E-state index contributed by atoms with van der Waals surface area (Å²) < 4.78 is 16.8. The molecule has 1 heterocycles. The van der Waals surface area contributed by atoms with E-state index in [9.17, 15) is 35.1 Å². The lowest BCUT2D eigenvalue weighted by molar-refractivity contribution is -0.354. The van der Waals surface area contributed by atoms with E-state index < -0.39 is 66.7 Å². The summed E-state index contributed by atoms with van der Waals surface area (Å²) >= 11 is 0. The first kappa shape index (κ1) is 29.9. The molecule has 10 heteroatoms. The standard InChI is InChI=1S/C28H38O10/c1-3-18-20(15-23(30)31)19(26(34)36-2)12-13-21(18)37-27-28(35,25(33)24(32)22(16-29)38-27)14-8-7-11-17-9-5-4-6-10-17/h3-6,9-10,12,18,20-22,24-25,27,29,32-33,35H,1,7-8,11,13-16H2,2H3,(H,30,31). The Labute approximate surface area is 222 Å². The molecule has 3 rings (SSSR count). The third kappa shape index (κ3) is 6.69. The van der Waals surface area contributed by atoms with Crippen LogP contribution in [0.15, 0.2) is 54.6 Å². The zero-order valence-corrected chi connectivity index (χ0v) is 21.5. The number of aliphatic carboxylic acids is 1. The quantitative estimate of drug-likeness (QED) is 0.150. The summed E-state index contributed by atoms with van der Waals surface area (Å²) in [6.45, 7) is 3.18. The van der Waals surface area contributed by atoms with Crippen LogP contribution in [0.5, 0.6) is 0 Å². The number of esters is 1. The van der Waals surface area contributed by atoms with Gasteiger partial charge in [-0.15, -0.1) is 6.58 Å². The summed E-state index contributed by atoms with van der Waals surface area (Å²) in [6.07, 6.45) is -1.88. The smallest absolute Gasteiger partial charge is 0.333 e. The molecule has 0 aromatic heterocycles. The Balaban J connectivity index is 1.82. The molecule has 0 amide bonds. The van der Waals surface area contributed by atoms with E-state index >= 15 is 0 Å². The molecule has 0 bridgehead atoms. The van der Waals surface area contributed by atoms with Crippen molar-refractivity contribution in [3.8, 4) is 0 Å². The number of ether oxygens (including phenoxy) is 3. The molecule has 1 saturated heterocycles. The van der Waals surface area contributed by atoms with Crippen molar-refractivity contribution in [1.29, 1.82) is 0 Å².